The number of thiazole rings is 1. The number of nitrogens with zero attached hydrogens (tertiary/aromatic N) is 2. The fraction of sp³-hybridized carbons (Fsp3) is 0.250. The molecule has 0 saturated heterocycles. The van der Waals surface area contributed by atoms with Gasteiger partial charge in [0.15, 0.2) is 0 Å². The molecular weight excluding hydrogens is 332 g/mol. The number of methoxy groups -OCH3 is 1. The zero-order valence-corrected chi connectivity index (χ0v) is 15.6. The summed E-state index contributed by atoms with van der Waals surface area (Å²) in [5, 5.41) is 0. The Labute approximate surface area is 151 Å². The Bertz CT molecular complexity index is 898. The van der Waals surface area contributed by atoms with Gasteiger partial charge in [-0.15, -0.1) is 11.3 Å². The van der Waals surface area contributed by atoms with Crippen molar-refractivity contribution in [1.82, 2.24) is 9.97 Å². The van der Waals surface area contributed by atoms with Gasteiger partial charge < -0.3 is 4.74 Å². The van der Waals surface area contributed by atoms with Gasteiger partial charge in [0.05, 0.1) is 29.6 Å². The van der Waals surface area contributed by atoms with Gasteiger partial charge in [0.25, 0.3) is 0 Å². The molecule has 0 atom stereocenters. The summed E-state index contributed by atoms with van der Waals surface area (Å²) in [6, 6.07) is 9.65. The largest absolute Gasteiger partial charge is 0.465 e. The Morgan fingerprint density at radius 1 is 1.12 bits per heavy atom. The normalized spacial score (nSPS) is 10.9. The average Bonchev–Trinajstić information content (AvgIpc) is 3.11. The second-order valence-corrected chi connectivity index (χ2v) is 7.12. The Balaban J connectivity index is 2.18. The minimum atomic E-state index is -0.364. The van der Waals surface area contributed by atoms with Gasteiger partial charge in [-0.3, -0.25) is 4.98 Å². The Morgan fingerprint density at radius 3 is 2.52 bits per heavy atom. The van der Waals surface area contributed by atoms with Crippen LogP contribution in [0.15, 0.2) is 42.0 Å². The molecule has 128 valence electrons. The first-order valence-electron chi connectivity index (χ1n) is 8.09. The van der Waals surface area contributed by atoms with Gasteiger partial charge in [0.2, 0.25) is 0 Å². The standard InChI is InChI=1S/C20H20N2O2S/c1-12(2)19-18(22-11-25-19)15-7-14(8-16(9-15)20(23)24-4)17-6-5-13(3)10-21-17/h5-12H,1-4H3. The van der Waals surface area contributed by atoms with Gasteiger partial charge in [-0.2, -0.15) is 0 Å². The highest BCUT2D eigenvalue weighted by molar-refractivity contribution is 7.10. The highest BCUT2D eigenvalue weighted by Crippen LogP contribution is 2.34. The van der Waals surface area contributed by atoms with E-state index in [0.29, 0.717) is 11.5 Å². The van der Waals surface area contributed by atoms with Crippen molar-refractivity contribution in [2.24, 2.45) is 0 Å². The Kier molecular flexibility index (Phi) is 4.95. The van der Waals surface area contributed by atoms with E-state index < -0.39 is 0 Å². The van der Waals surface area contributed by atoms with Gasteiger partial charge in [0.1, 0.15) is 0 Å². The fourth-order valence-corrected chi connectivity index (χ4v) is 3.49. The average molecular weight is 352 g/mol. The van der Waals surface area contributed by atoms with E-state index in [9.17, 15) is 4.79 Å². The third-order valence-corrected chi connectivity index (χ3v) is 5.08. The Hall–Kier alpha value is -2.53. The zero-order valence-electron chi connectivity index (χ0n) is 14.7. The third kappa shape index (κ3) is 3.61. The molecular formula is C20H20N2O2S. The van der Waals surface area contributed by atoms with Crippen LogP contribution >= 0.6 is 11.3 Å². The van der Waals surface area contributed by atoms with E-state index in [-0.39, 0.29) is 5.97 Å². The van der Waals surface area contributed by atoms with Crippen molar-refractivity contribution in [2.75, 3.05) is 7.11 Å². The lowest BCUT2D eigenvalue weighted by Gasteiger charge is -2.10. The molecule has 0 bridgehead atoms. The van der Waals surface area contributed by atoms with Crippen LogP contribution in [0.25, 0.3) is 22.5 Å². The number of ether oxygens (including phenoxy) is 1. The van der Waals surface area contributed by atoms with Crippen molar-refractivity contribution in [3.8, 4) is 22.5 Å². The Morgan fingerprint density at radius 2 is 1.88 bits per heavy atom. The quantitative estimate of drug-likeness (QED) is 0.614. The minimum absolute atomic E-state index is 0.364. The van der Waals surface area contributed by atoms with Crippen molar-refractivity contribution >= 4 is 17.3 Å². The lowest BCUT2D eigenvalue weighted by molar-refractivity contribution is 0.0601. The first kappa shape index (κ1) is 17.3. The second-order valence-electron chi connectivity index (χ2n) is 6.23. The summed E-state index contributed by atoms with van der Waals surface area (Å²) in [7, 11) is 1.39. The van der Waals surface area contributed by atoms with Crippen molar-refractivity contribution in [3.63, 3.8) is 0 Å². The molecule has 0 saturated carbocycles. The van der Waals surface area contributed by atoms with E-state index in [1.54, 1.807) is 11.3 Å². The molecule has 0 N–H and O–H groups in total. The lowest BCUT2D eigenvalue weighted by Crippen LogP contribution is -2.02. The zero-order chi connectivity index (χ0) is 18.0. The number of aromatic nitrogens is 2. The molecule has 0 amide bonds. The second kappa shape index (κ2) is 7.15. The van der Waals surface area contributed by atoms with Gasteiger partial charge in [-0.1, -0.05) is 19.9 Å². The topological polar surface area (TPSA) is 52.1 Å². The summed E-state index contributed by atoms with van der Waals surface area (Å²) in [6.45, 7) is 6.28. The third-order valence-electron chi connectivity index (χ3n) is 3.95. The highest BCUT2D eigenvalue weighted by Gasteiger charge is 2.16. The maximum atomic E-state index is 12.1. The van der Waals surface area contributed by atoms with Gasteiger partial charge in [0, 0.05) is 22.2 Å². The molecule has 5 heteroatoms. The van der Waals surface area contributed by atoms with Crippen molar-refractivity contribution in [2.45, 2.75) is 26.7 Å². The van der Waals surface area contributed by atoms with Crippen LogP contribution in [0.1, 0.15) is 40.6 Å². The first-order chi connectivity index (χ1) is 12.0. The van der Waals surface area contributed by atoms with E-state index in [4.69, 9.17) is 4.74 Å². The van der Waals surface area contributed by atoms with Crippen LogP contribution in [0.5, 0.6) is 0 Å². The van der Waals surface area contributed by atoms with E-state index in [1.807, 2.05) is 49.0 Å². The highest BCUT2D eigenvalue weighted by atomic mass is 32.1. The molecule has 2 heterocycles. The molecule has 1 aromatic carbocycles. The first-order valence-corrected chi connectivity index (χ1v) is 8.97. The van der Waals surface area contributed by atoms with Crippen molar-refractivity contribution < 1.29 is 9.53 Å². The summed E-state index contributed by atoms with van der Waals surface area (Å²) in [6.07, 6.45) is 1.82. The van der Waals surface area contributed by atoms with Crippen LogP contribution in [0.3, 0.4) is 0 Å². The summed E-state index contributed by atoms with van der Waals surface area (Å²) >= 11 is 1.63. The molecule has 0 radical (unpaired) electrons. The fourth-order valence-electron chi connectivity index (χ4n) is 2.67. The summed E-state index contributed by atoms with van der Waals surface area (Å²) in [5.74, 6) is 0.00164. The summed E-state index contributed by atoms with van der Waals surface area (Å²) in [4.78, 5) is 22.3. The number of hydrogen-bond donors (Lipinski definition) is 0. The lowest BCUT2D eigenvalue weighted by atomic mass is 9.98. The van der Waals surface area contributed by atoms with Crippen LogP contribution in [0, 0.1) is 6.92 Å². The number of esters is 1. The van der Waals surface area contributed by atoms with E-state index >= 15 is 0 Å². The summed E-state index contributed by atoms with van der Waals surface area (Å²) in [5.41, 5.74) is 6.96. The van der Waals surface area contributed by atoms with E-state index in [2.05, 4.69) is 23.8 Å². The number of rotatable bonds is 4. The molecule has 0 aliphatic heterocycles. The molecule has 2 aromatic heterocycles. The number of benzene rings is 1. The van der Waals surface area contributed by atoms with Crippen molar-refractivity contribution in [3.05, 3.63) is 58.0 Å². The molecule has 25 heavy (non-hydrogen) atoms. The number of pyridine rings is 1. The number of carbonyl (C=O) groups excluding carboxylic acids is 1. The van der Waals surface area contributed by atoms with Crippen LogP contribution in [-0.4, -0.2) is 23.0 Å². The molecule has 0 fully saturated rings. The van der Waals surface area contributed by atoms with Gasteiger partial charge in [-0.25, -0.2) is 9.78 Å². The minimum Gasteiger partial charge on any atom is -0.465 e. The van der Waals surface area contributed by atoms with Crippen LogP contribution in [0.2, 0.25) is 0 Å². The smallest absolute Gasteiger partial charge is 0.337 e. The van der Waals surface area contributed by atoms with Crippen LogP contribution in [0.4, 0.5) is 0 Å². The molecule has 3 rings (SSSR count). The van der Waals surface area contributed by atoms with Gasteiger partial charge >= 0.3 is 5.97 Å². The van der Waals surface area contributed by atoms with E-state index in [0.717, 1.165) is 28.1 Å². The number of hydrogen-bond acceptors (Lipinski definition) is 5. The predicted molar refractivity (Wildman–Crippen MR) is 101 cm³/mol. The number of aryl methyl sites for hydroxylation is 1. The maximum Gasteiger partial charge on any atom is 0.337 e. The van der Waals surface area contributed by atoms with Crippen LogP contribution in [-0.2, 0) is 4.74 Å². The van der Waals surface area contributed by atoms with Crippen molar-refractivity contribution in [1.29, 1.82) is 0 Å². The van der Waals surface area contributed by atoms with Crippen LogP contribution < -0.4 is 0 Å². The molecule has 0 aliphatic carbocycles. The monoisotopic (exact) mass is 352 g/mol. The molecule has 0 spiro atoms. The van der Waals surface area contributed by atoms with E-state index in [1.165, 1.54) is 12.0 Å². The maximum absolute atomic E-state index is 12.1. The predicted octanol–water partition coefficient (Wildman–Crippen LogP) is 5.09. The van der Waals surface area contributed by atoms with Gasteiger partial charge in [-0.05, 0) is 42.7 Å². The molecule has 3 aromatic rings. The SMILES string of the molecule is COC(=O)c1cc(-c2ccc(C)cn2)cc(-c2ncsc2C(C)C)c1. The number of carbonyl (C=O) groups is 1. The molecule has 0 unspecified atom stereocenters. The summed E-state index contributed by atoms with van der Waals surface area (Å²) < 4.78 is 4.92. The molecule has 0 aliphatic rings. The molecule has 4 nitrogen and oxygen atoms in total.